The maximum absolute atomic E-state index is 10.7. The van der Waals surface area contributed by atoms with Crippen LogP contribution in [0.2, 0.25) is 0 Å². The minimum absolute atomic E-state index is 0.219. The normalized spacial score (nSPS) is 11.2. The smallest absolute Gasteiger partial charge is 0.335 e. The summed E-state index contributed by atoms with van der Waals surface area (Å²) >= 11 is 0. The Labute approximate surface area is 104 Å². The molecule has 4 heteroatoms. The average Bonchev–Trinajstić information content (AvgIpc) is 2.40. The van der Waals surface area contributed by atoms with Crippen LogP contribution in [0.25, 0.3) is 0 Å². The van der Waals surface area contributed by atoms with Crippen molar-refractivity contribution in [1.82, 2.24) is 0 Å². The third kappa shape index (κ3) is 2.74. The summed E-state index contributed by atoms with van der Waals surface area (Å²) < 4.78 is 0.996. The van der Waals surface area contributed by atoms with E-state index in [2.05, 4.69) is 0 Å². The van der Waals surface area contributed by atoms with Gasteiger partial charge in [0.05, 0.1) is 5.56 Å². The largest absolute Gasteiger partial charge is 0.478 e. The molecule has 2 rings (SSSR count). The molecule has 2 aromatic rings. The molecule has 0 spiro atoms. The summed E-state index contributed by atoms with van der Waals surface area (Å²) in [6.45, 7) is 0. The molecule has 0 amide bonds. The number of hydrogen-bond donors (Lipinski definition) is 2. The second-order valence-electron chi connectivity index (χ2n) is 3.74. The predicted molar refractivity (Wildman–Crippen MR) is 66.7 cm³/mol. The van der Waals surface area contributed by atoms with Crippen molar-refractivity contribution < 1.29 is 19.8 Å². The molecule has 90 valence electrons. The van der Waals surface area contributed by atoms with Gasteiger partial charge in [0.1, 0.15) is 0 Å². The van der Waals surface area contributed by atoms with E-state index in [1.54, 1.807) is 24.3 Å². The van der Waals surface area contributed by atoms with Crippen LogP contribution in [-0.2, 0) is 0 Å². The number of carboxylic acid groups (broad SMARTS) is 1. The van der Waals surface area contributed by atoms with Gasteiger partial charge in [-0.2, -0.15) is 0 Å². The second kappa shape index (κ2) is 5.14. The fourth-order valence-corrected chi connectivity index (χ4v) is 1.51. The van der Waals surface area contributed by atoms with E-state index < -0.39 is 5.97 Å². The summed E-state index contributed by atoms with van der Waals surface area (Å²) in [5.74, 6) is -0.967. The van der Waals surface area contributed by atoms with Crippen LogP contribution in [0, 0.1) is 0 Å². The summed E-state index contributed by atoms with van der Waals surface area (Å²) in [7, 11) is 0. The topological polar surface area (TPSA) is 60.5 Å². The van der Waals surface area contributed by atoms with E-state index in [-0.39, 0.29) is 5.56 Å². The van der Waals surface area contributed by atoms with E-state index in [4.69, 9.17) is 5.11 Å². The monoisotopic (exact) mass is 242 g/mol. The molecule has 0 heterocycles. The van der Waals surface area contributed by atoms with Crippen molar-refractivity contribution in [3.8, 4) is 0 Å². The Morgan fingerprint density at radius 2 is 1.61 bits per heavy atom. The molecule has 0 fully saturated rings. The minimum atomic E-state index is -0.967. The molecule has 0 saturated heterocycles. The summed E-state index contributed by atoms with van der Waals surface area (Å²) in [5, 5.41) is 18.6. The van der Waals surface area contributed by atoms with Gasteiger partial charge in [-0.05, 0) is 24.3 Å². The van der Waals surface area contributed by atoms with Crippen molar-refractivity contribution in [2.75, 3.05) is 0 Å². The predicted octanol–water partition coefficient (Wildman–Crippen LogP) is 2.54. The van der Waals surface area contributed by atoms with Gasteiger partial charge in [0.25, 0.3) is 5.69 Å². The molecule has 2 aromatic carbocycles. The molecule has 2 N–H and O–H groups in total. The average molecular weight is 242 g/mol. The van der Waals surface area contributed by atoms with Crippen molar-refractivity contribution >= 4 is 17.9 Å². The van der Waals surface area contributed by atoms with Gasteiger partial charge in [-0.1, -0.05) is 18.2 Å². The SMILES string of the molecule is O=C(O)c1ccc(/C=[N+](\O)c2ccccc2)cc1. The van der Waals surface area contributed by atoms with Crippen molar-refractivity contribution in [2.24, 2.45) is 0 Å². The van der Waals surface area contributed by atoms with Gasteiger partial charge < -0.3 is 5.11 Å². The molecular weight excluding hydrogens is 230 g/mol. The van der Waals surface area contributed by atoms with Crippen molar-refractivity contribution in [1.29, 1.82) is 0 Å². The molecule has 0 radical (unpaired) electrons. The minimum Gasteiger partial charge on any atom is -0.478 e. The zero-order valence-corrected chi connectivity index (χ0v) is 9.52. The molecular formula is C14H12NO3+. The summed E-state index contributed by atoms with van der Waals surface area (Å²) in [5.41, 5.74) is 1.57. The van der Waals surface area contributed by atoms with Gasteiger partial charge in [0, 0.05) is 22.4 Å². The van der Waals surface area contributed by atoms with Crippen LogP contribution in [-0.4, -0.2) is 27.2 Å². The zero-order valence-electron chi connectivity index (χ0n) is 9.52. The molecule has 0 saturated carbocycles. The Hall–Kier alpha value is -2.62. The van der Waals surface area contributed by atoms with Crippen LogP contribution >= 0.6 is 0 Å². The third-order valence-corrected chi connectivity index (χ3v) is 2.45. The molecule has 0 unspecified atom stereocenters. The van der Waals surface area contributed by atoms with Gasteiger partial charge in [-0.3, -0.25) is 5.21 Å². The number of carboxylic acids is 1. The van der Waals surface area contributed by atoms with E-state index in [1.165, 1.54) is 18.3 Å². The second-order valence-corrected chi connectivity index (χ2v) is 3.74. The lowest BCUT2D eigenvalue weighted by molar-refractivity contribution is -0.709. The van der Waals surface area contributed by atoms with E-state index in [9.17, 15) is 10.0 Å². The Morgan fingerprint density at radius 3 is 2.17 bits per heavy atom. The number of aromatic carboxylic acids is 1. The number of rotatable bonds is 3. The van der Waals surface area contributed by atoms with Gasteiger partial charge in [-0.25, -0.2) is 4.79 Å². The Bertz CT molecular complexity index is 574. The van der Waals surface area contributed by atoms with Crippen molar-refractivity contribution in [3.63, 3.8) is 0 Å². The summed E-state index contributed by atoms with van der Waals surface area (Å²) in [6.07, 6.45) is 1.51. The first-order chi connectivity index (χ1) is 8.66. The molecule has 0 aliphatic heterocycles. The lowest BCUT2D eigenvalue weighted by Crippen LogP contribution is -2.02. The molecule has 4 nitrogen and oxygen atoms in total. The highest BCUT2D eigenvalue weighted by Gasteiger charge is 2.07. The van der Waals surface area contributed by atoms with Crippen LogP contribution < -0.4 is 0 Å². The first-order valence-electron chi connectivity index (χ1n) is 5.38. The van der Waals surface area contributed by atoms with Gasteiger partial charge in [0.2, 0.25) is 6.21 Å². The molecule has 18 heavy (non-hydrogen) atoms. The van der Waals surface area contributed by atoms with Crippen molar-refractivity contribution in [3.05, 3.63) is 65.7 Å². The lowest BCUT2D eigenvalue weighted by atomic mass is 10.1. The number of carbonyl (C=O) groups is 1. The zero-order chi connectivity index (χ0) is 13.0. The maximum atomic E-state index is 10.7. The highest BCUT2D eigenvalue weighted by atomic mass is 16.5. The number of nitrogens with zero attached hydrogens (tertiary/aromatic N) is 1. The van der Waals surface area contributed by atoms with Crippen LogP contribution in [0.1, 0.15) is 15.9 Å². The van der Waals surface area contributed by atoms with Gasteiger partial charge >= 0.3 is 5.97 Å². The molecule has 0 bridgehead atoms. The molecule has 0 aromatic heterocycles. The standard InChI is InChI=1S/C14H11NO3/c16-14(17)12-8-6-11(7-9-12)10-15(18)13-4-2-1-3-5-13/h1-10H,(H-,16,17,18)/p+1/b15-10-. The van der Waals surface area contributed by atoms with Crippen LogP contribution in [0.5, 0.6) is 0 Å². The van der Waals surface area contributed by atoms with E-state index in [1.807, 2.05) is 18.2 Å². The van der Waals surface area contributed by atoms with E-state index >= 15 is 0 Å². The summed E-state index contributed by atoms with van der Waals surface area (Å²) in [4.78, 5) is 10.7. The Kier molecular flexibility index (Phi) is 3.38. The van der Waals surface area contributed by atoms with Crippen molar-refractivity contribution in [2.45, 2.75) is 0 Å². The van der Waals surface area contributed by atoms with E-state index in [0.29, 0.717) is 11.3 Å². The maximum Gasteiger partial charge on any atom is 0.335 e. The van der Waals surface area contributed by atoms with Crippen LogP contribution in [0.3, 0.4) is 0 Å². The third-order valence-electron chi connectivity index (χ3n) is 2.45. The van der Waals surface area contributed by atoms with E-state index in [0.717, 1.165) is 4.74 Å². The number of hydrogen-bond acceptors (Lipinski definition) is 2. The van der Waals surface area contributed by atoms with Crippen LogP contribution in [0.4, 0.5) is 5.69 Å². The fourth-order valence-electron chi connectivity index (χ4n) is 1.51. The lowest BCUT2D eigenvalue weighted by Gasteiger charge is -1.95. The molecule has 0 aliphatic rings. The summed E-state index contributed by atoms with van der Waals surface area (Å²) in [6, 6.07) is 15.3. The Morgan fingerprint density at radius 1 is 1.00 bits per heavy atom. The highest BCUT2D eigenvalue weighted by Crippen LogP contribution is 2.09. The number of para-hydroxylation sites is 1. The molecule has 0 atom stereocenters. The fraction of sp³-hybridized carbons (Fsp3) is 0. The quantitative estimate of drug-likeness (QED) is 0.376. The molecule has 0 aliphatic carbocycles. The first kappa shape index (κ1) is 11.9. The van der Waals surface area contributed by atoms with Crippen LogP contribution in [0.15, 0.2) is 54.6 Å². The number of benzene rings is 2. The van der Waals surface area contributed by atoms with Gasteiger partial charge in [0.15, 0.2) is 0 Å². The Balaban J connectivity index is 2.25. The van der Waals surface area contributed by atoms with Gasteiger partial charge in [-0.15, -0.1) is 0 Å². The highest BCUT2D eigenvalue weighted by molar-refractivity contribution is 5.88. The first-order valence-corrected chi connectivity index (χ1v) is 5.38.